The van der Waals surface area contributed by atoms with Crippen molar-refractivity contribution in [2.45, 2.75) is 26.8 Å². The summed E-state index contributed by atoms with van der Waals surface area (Å²) < 4.78 is 0. The van der Waals surface area contributed by atoms with E-state index in [1.54, 1.807) is 12.1 Å². The van der Waals surface area contributed by atoms with Crippen LogP contribution < -0.4 is 4.90 Å². The smallest absolute Gasteiger partial charge is 0.242 e. The molecule has 5 heteroatoms. The van der Waals surface area contributed by atoms with Crippen LogP contribution in [0.5, 0.6) is 0 Å². The first-order valence-electron chi connectivity index (χ1n) is 8.34. The largest absolute Gasteiger partial charge is 0.336 e. The molecule has 0 aromatic heterocycles. The second-order valence-corrected chi connectivity index (χ2v) is 6.81. The Morgan fingerprint density at radius 2 is 1.88 bits per heavy atom. The van der Waals surface area contributed by atoms with Crippen LogP contribution >= 0.6 is 11.6 Å². The van der Waals surface area contributed by atoms with E-state index >= 15 is 0 Å². The maximum atomic E-state index is 12.8. The maximum absolute atomic E-state index is 12.8. The molecule has 3 rings (SSSR count). The summed E-state index contributed by atoms with van der Waals surface area (Å²) >= 11 is 6.07. The van der Waals surface area contributed by atoms with Crippen LogP contribution in [-0.4, -0.2) is 29.8 Å². The number of fused-ring (bicyclic) bond motifs is 1. The quantitative estimate of drug-likeness (QED) is 0.843. The second-order valence-electron chi connectivity index (χ2n) is 6.37. The minimum Gasteiger partial charge on any atom is -0.336 e. The Labute approximate surface area is 153 Å². The van der Waals surface area contributed by atoms with E-state index in [1.165, 1.54) is 23.0 Å². The van der Waals surface area contributed by atoms with Gasteiger partial charge in [0, 0.05) is 30.7 Å². The van der Waals surface area contributed by atoms with Gasteiger partial charge in [0.1, 0.15) is 6.54 Å². The minimum absolute atomic E-state index is 0.0265. The Kier molecular flexibility index (Phi) is 5.09. The van der Waals surface area contributed by atoms with E-state index in [4.69, 9.17) is 11.6 Å². The van der Waals surface area contributed by atoms with E-state index in [9.17, 15) is 9.59 Å². The summed E-state index contributed by atoms with van der Waals surface area (Å²) in [5.41, 5.74) is 4.07. The fourth-order valence-corrected chi connectivity index (χ4v) is 3.35. The van der Waals surface area contributed by atoms with Crippen LogP contribution in [0.1, 0.15) is 23.6 Å². The summed E-state index contributed by atoms with van der Waals surface area (Å²) in [7, 11) is 0. The summed E-state index contributed by atoms with van der Waals surface area (Å²) in [5, 5.41) is 0.547. The Bertz CT molecular complexity index is 819. The lowest BCUT2D eigenvalue weighted by molar-refractivity contribution is -0.132. The predicted molar refractivity (Wildman–Crippen MR) is 99.8 cm³/mol. The van der Waals surface area contributed by atoms with Crippen LogP contribution in [0.2, 0.25) is 5.02 Å². The number of nitrogens with zero attached hydrogens (tertiary/aromatic N) is 2. The van der Waals surface area contributed by atoms with E-state index in [2.05, 4.69) is 12.1 Å². The highest BCUT2D eigenvalue weighted by molar-refractivity contribution is 6.31. The molecular weight excluding hydrogens is 336 g/mol. The van der Waals surface area contributed by atoms with E-state index < -0.39 is 0 Å². The molecule has 1 aliphatic rings. The number of hydrogen-bond donors (Lipinski definition) is 0. The number of halogens is 1. The van der Waals surface area contributed by atoms with Crippen LogP contribution in [0.15, 0.2) is 42.5 Å². The summed E-state index contributed by atoms with van der Waals surface area (Å²) in [4.78, 5) is 28.2. The molecule has 0 aliphatic carbocycles. The van der Waals surface area contributed by atoms with Gasteiger partial charge in [-0.3, -0.25) is 9.59 Å². The zero-order valence-electron chi connectivity index (χ0n) is 14.5. The molecule has 1 heterocycles. The summed E-state index contributed by atoms with van der Waals surface area (Å²) in [6.45, 7) is 4.67. The van der Waals surface area contributed by atoms with Gasteiger partial charge in [-0.25, -0.2) is 0 Å². The molecule has 2 aromatic carbocycles. The average molecular weight is 357 g/mol. The van der Waals surface area contributed by atoms with Crippen LogP contribution in [0.4, 0.5) is 5.69 Å². The number of hydrogen-bond acceptors (Lipinski definition) is 2. The average Bonchev–Trinajstić information content (AvgIpc) is 2.61. The molecule has 2 aromatic rings. The monoisotopic (exact) mass is 356 g/mol. The fourth-order valence-electron chi connectivity index (χ4n) is 3.18. The highest BCUT2D eigenvalue weighted by Gasteiger charge is 2.24. The molecule has 0 saturated carbocycles. The number of anilines is 1. The van der Waals surface area contributed by atoms with Crippen LogP contribution in [-0.2, 0) is 22.6 Å². The van der Waals surface area contributed by atoms with Gasteiger partial charge in [-0.1, -0.05) is 41.9 Å². The van der Waals surface area contributed by atoms with Gasteiger partial charge in [0.25, 0.3) is 0 Å². The van der Waals surface area contributed by atoms with Crippen LogP contribution in [0.3, 0.4) is 0 Å². The topological polar surface area (TPSA) is 40.6 Å². The van der Waals surface area contributed by atoms with Crippen molar-refractivity contribution in [3.63, 3.8) is 0 Å². The highest BCUT2D eigenvalue weighted by atomic mass is 35.5. The molecule has 1 aliphatic heterocycles. The lowest BCUT2D eigenvalue weighted by Gasteiger charge is -2.31. The lowest BCUT2D eigenvalue weighted by Crippen LogP contribution is -2.44. The molecule has 0 fully saturated rings. The number of aryl methyl sites for hydroxylation is 1. The van der Waals surface area contributed by atoms with E-state index in [0.29, 0.717) is 23.8 Å². The molecule has 25 heavy (non-hydrogen) atoms. The van der Waals surface area contributed by atoms with Crippen molar-refractivity contribution in [1.29, 1.82) is 0 Å². The SMILES string of the molecule is CC(=O)N(CC(=O)N1CCc2ccccc2C1)c1cc(Cl)ccc1C. The third kappa shape index (κ3) is 3.85. The minimum atomic E-state index is -0.170. The lowest BCUT2D eigenvalue weighted by atomic mass is 10.00. The van der Waals surface area contributed by atoms with E-state index in [1.807, 2.05) is 30.0 Å². The number of benzene rings is 2. The maximum Gasteiger partial charge on any atom is 0.242 e. The first kappa shape index (κ1) is 17.5. The third-order valence-electron chi connectivity index (χ3n) is 4.62. The van der Waals surface area contributed by atoms with Gasteiger partial charge < -0.3 is 9.80 Å². The number of rotatable bonds is 3. The number of carbonyl (C=O) groups excluding carboxylic acids is 2. The van der Waals surface area contributed by atoms with Gasteiger partial charge in [0.05, 0.1) is 0 Å². The molecule has 0 atom stereocenters. The summed E-state index contributed by atoms with van der Waals surface area (Å²) in [6, 6.07) is 13.5. The van der Waals surface area contributed by atoms with Gasteiger partial charge in [0.2, 0.25) is 11.8 Å². The van der Waals surface area contributed by atoms with Crippen molar-refractivity contribution in [2.24, 2.45) is 0 Å². The summed E-state index contributed by atoms with van der Waals surface area (Å²) in [6.07, 6.45) is 0.845. The number of amides is 2. The molecule has 0 N–H and O–H groups in total. The molecule has 0 radical (unpaired) electrons. The third-order valence-corrected chi connectivity index (χ3v) is 4.85. The first-order valence-corrected chi connectivity index (χ1v) is 8.72. The van der Waals surface area contributed by atoms with Gasteiger partial charge in [-0.2, -0.15) is 0 Å². The van der Waals surface area contributed by atoms with Crippen molar-refractivity contribution in [1.82, 2.24) is 4.90 Å². The zero-order chi connectivity index (χ0) is 18.0. The van der Waals surface area contributed by atoms with E-state index in [0.717, 1.165) is 12.0 Å². The van der Waals surface area contributed by atoms with Crippen molar-refractivity contribution >= 4 is 29.1 Å². The molecule has 4 nitrogen and oxygen atoms in total. The van der Waals surface area contributed by atoms with E-state index in [-0.39, 0.29) is 18.4 Å². The molecule has 0 spiro atoms. The van der Waals surface area contributed by atoms with Gasteiger partial charge >= 0.3 is 0 Å². The Morgan fingerprint density at radius 3 is 2.60 bits per heavy atom. The fraction of sp³-hybridized carbons (Fsp3) is 0.300. The van der Waals surface area contributed by atoms with Gasteiger partial charge in [-0.05, 0) is 42.2 Å². The Morgan fingerprint density at radius 1 is 1.16 bits per heavy atom. The van der Waals surface area contributed by atoms with Gasteiger partial charge in [0.15, 0.2) is 0 Å². The van der Waals surface area contributed by atoms with Crippen molar-refractivity contribution in [2.75, 3.05) is 18.0 Å². The van der Waals surface area contributed by atoms with Gasteiger partial charge in [-0.15, -0.1) is 0 Å². The second kappa shape index (κ2) is 7.28. The highest BCUT2D eigenvalue weighted by Crippen LogP contribution is 2.25. The molecular formula is C20H21ClN2O2. The number of carbonyl (C=O) groups is 2. The molecule has 2 amide bonds. The first-order chi connectivity index (χ1) is 12.0. The van der Waals surface area contributed by atoms with Crippen molar-refractivity contribution in [3.8, 4) is 0 Å². The summed E-state index contributed by atoms with van der Waals surface area (Å²) in [5.74, 6) is -0.222. The standard InChI is InChI=1S/C20H21ClN2O2/c1-14-7-8-18(21)11-19(14)23(15(2)24)13-20(25)22-10-9-16-5-3-4-6-17(16)12-22/h3-8,11H,9-10,12-13H2,1-2H3. The zero-order valence-corrected chi connectivity index (χ0v) is 15.2. The molecule has 0 saturated heterocycles. The van der Waals surface area contributed by atoms with Crippen LogP contribution in [0, 0.1) is 6.92 Å². The Balaban J connectivity index is 1.78. The molecule has 130 valence electrons. The molecule has 0 bridgehead atoms. The van der Waals surface area contributed by atoms with Crippen LogP contribution in [0.25, 0.3) is 0 Å². The van der Waals surface area contributed by atoms with Crippen molar-refractivity contribution < 1.29 is 9.59 Å². The Hall–Kier alpha value is -2.33. The molecule has 0 unspecified atom stereocenters. The predicted octanol–water partition coefficient (Wildman–Crippen LogP) is 3.59. The normalized spacial score (nSPS) is 13.3. The van der Waals surface area contributed by atoms with Crippen molar-refractivity contribution in [3.05, 3.63) is 64.2 Å².